The zero-order valence-corrected chi connectivity index (χ0v) is 18.2. The van der Waals surface area contributed by atoms with E-state index in [-0.39, 0.29) is 5.75 Å². The lowest BCUT2D eigenvalue weighted by Crippen LogP contribution is -2.38. The number of hydrogen-bond donors (Lipinski definition) is 1. The minimum Gasteiger partial charge on any atom is -0.478 e. The summed E-state index contributed by atoms with van der Waals surface area (Å²) in [5.41, 5.74) is 0.00111. The molecule has 0 fully saturated rings. The zero-order valence-electron chi connectivity index (χ0n) is 17.4. The van der Waals surface area contributed by atoms with Crippen LogP contribution in [0.5, 0.6) is 11.5 Å². The van der Waals surface area contributed by atoms with Crippen molar-refractivity contribution in [1.82, 2.24) is 0 Å². The number of benzene rings is 2. The summed E-state index contributed by atoms with van der Waals surface area (Å²) in [6, 6.07) is 11.2. The molecule has 0 bridgehead atoms. The minimum absolute atomic E-state index is 0.288. The zero-order chi connectivity index (χ0) is 23.1. The summed E-state index contributed by atoms with van der Waals surface area (Å²) < 4.78 is 46.3. The number of thioether (sulfide) groups is 1. The van der Waals surface area contributed by atoms with Gasteiger partial charge < -0.3 is 14.6 Å². The number of carboxylic acid groups (broad SMARTS) is 1. The van der Waals surface area contributed by atoms with Crippen LogP contribution in [0.4, 0.5) is 13.2 Å². The van der Waals surface area contributed by atoms with E-state index in [1.165, 1.54) is 32.0 Å². The normalized spacial score (nSPS) is 11.4. The van der Waals surface area contributed by atoms with Crippen LogP contribution in [0, 0.1) is 18.8 Å². The molecule has 4 nitrogen and oxygen atoms in total. The number of halogens is 3. The van der Waals surface area contributed by atoms with E-state index in [0.717, 1.165) is 22.6 Å². The highest BCUT2D eigenvalue weighted by Crippen LogP contribution is 2.29. The Kier molecular flexibility index (Phi) is 8.28. The molecule has 0 aliphatic heterocycles. The first-order valence-electron chi connectivity index (χ1n) is 9.47. The summed E-state index contributed by atoms with van der Waals surface area (Å²) in [7, 11) is 0. The Balaban J connectivity index is 1.82. The van der Waals surface area contributed by atoms with Crippen molar-refractivity contribution in [2.75, 3.05) is 5.75 Å². The van der Waals surface area contributed by atoms with E-state index in [1.54, 1.807) is 23.9 Å². The lowest BCUT2D eigenvalue weighted by molar-refractivity contribution is -0.274. The van der Waals surface area contributed by atoms with Crippen LogP contribution in [0.15, 0.2) is 47.4 Å². The van der Waals surface area contributed by atoms with E-state index in [1.807, 2.05) is 19.1 Å². The maximum atomic E-state index is 12.3. The fraction of sp³-hybridized carbons (Fsp3) is 0.348. The molecular formula is C23H23F3O4S. The monoisotopic (exact) mass is 452 g/mol. The predicted molar refractivity (Wildman–Crippen MR) is 113 cm³/mol. The van der Waals surface area contributed by atoms with E-state index in [9.17, 15) is 23.1 Å². The smallest absolute Gasteiger partial charge is 0.478 e. The lowest BCUT2D eigenvalue weighted by Gasteiger charge is -2.23. The second-order valence-electron chi connectivity index (χ2n) is 7.17. The summed E-state index contributed by atoms with van der Waals surface area (Å²) in [5, 5.41) is 9.17. The van der Waals surface area contributed by atoms with Crippen molar-refractivity contribution >= 4 is 17.7 Å². The molecule has 1 N–H and O–H groups in total. The molecule has 0 aromatic heterocycles. The third kappa shape index (κ3) is 8.46. The van der Waals surface area contributed by atoms with Crippen LogP contribution in [0.25, 0.3) is 0 Å². The number of aryl methyl sites for hydroxylation is 1. The third-order valence-electron chi connectivity index (χ3n) is 4.04. The maximum Gasteiger partial charge on any atom is 0.573 e. The van der Waals surface area contributed by atoms with Gasteiger partial charge in [0.1, 0.15) is 11.5 Å². The molecule has 2 aromatic rings. The Morgan fingerprint density at radius 1 is 1.13 bits per heavy atom. The van der Waals surface area contributed by atoms with Crippen LogP contribution < -0.4 is 9.47 Å². The molecule has 31 heavy (non-hydrogen) atoms. The molecule has 0 saturated carbocycles. The Labute approximate surface area is 183 Å². The van der Waals surface area contributed by atoms with Gasteiger partial charge in [-0.25, -0.2) is 4.79 Å². The van der Waals surface area contributed by atoms with Gasteiger partial charge in [-0.3, -0.25) is 0 Å². The van der Waals surface area contributed by atoms with Gasteiger partial charge in [0.25, 0.3) is 0 Å². The Hall–Kier alpha value is -2.79. The van der Waals surface area contributed by atoms with Crippen molar-refractivity contribution in [3.8, 4) is 23.3 Å². The molecule has 0 saturated heterocycles. The number of carboxylic acids is 1. The number of unbranched alkanes of at least 4 members (excludes halogenated alkanes) is 1. The molecule has 0 atom stereocenters. The highest BCUT2D eigenvalue weighted by atomic mass is 32.2. The van der Waals surface area contributed by atoms with Gasteiger partial charge in [-0.1, -0.05) is 17.9 Å². The van der Waals surface area contributed by atoms with Gasteiger partial charge in [0.15, 0.2) is 5.60 Å². The highest BCUT2D eigenvalue weighted by Gasteiger charge is 2.31. The molecule has 2 aromatic carbocycles. The van der Waals surface area contributed by atoms with E-state index < -0.39 is 17.9 Å². The standard InChI is InChI=1S/C23H23F3O4S/c1-16-14-19(11-12-20(16)30-22(2,3)21(27)28)31-13-6-4-5-8-17-9-7-10-18(15-17)29-23(24,25)26/h7,9-12,14-15H,4,6,13H2,1-3H3,(H,27,28). The van der Waals surface area contributed by atoms with Gasteiger partial charge in [0.2, 0.25) is 0 Å². The minimum atomic E-state index is -4.72. The molecule has 0 amide bonds. The van der Waals surface area contributed by atoms with Crippen molar-refractivity contribution in [2.24, 2.45) is 0 Å². The summed E-state index contributed by atoms with van der Waals surface area (Å²) >= 11 is 1.64. The fourth-order valence-corrected chi connectivity index (χ4v) is 3.38. The lowest BCUT2D eigenvalue weighted by atomic mass is 10.1. The van der Waals surface area contributed by atoms with Gasteiger partial charge in [0, 0.05) is 16.9 Å². The number of hydrogen-bond acceptors (Lipinski definition) is 4. The Morgan fingerprint density at radius 2 is 1.87 bits per heavy atom. The molecule has 0 aliphatic carbocycles. The van der Waals surface area contributed by atoms with E-state index in [2.05, 4.69) is 16.6 Å². The average molecular weight is 452 g/mol. The molecule has 0 aliphatic rings. The van der Waals surface area contributed by atoms with Gasteiger partial charge in [-0.05, 0) is 74.9 Å². The molecule has 0 unspecified atom stereocenters. The van der Waals surface area contributed by atoms with Crippen molar-refractivity contribution in [3.05, 3.63) is 53.6 Å². The van der Waals surface area contributed by atoms with Crippen molar-refractivity contribution in [1.29, 1.82) is 0 Å². The number of aliphatic carboxylic acids is 1. The first kappa shape index (κ1) is 24.5. The number of ether oxygens (including phenoxy) is 2. The van der Waals surface area contributed by atoms with Crippen LogP contribution in [0.2, 0.25) is 0 Å². The summed E-state index contributed by atoms with van der Waals surface area (Å²) in [5.74, 6) is 5.82. The van der Waals surface area contributed by atoms with Gasteiger partial charge >= 0.3 is 12.3 Å². The van der Waals surface area contributed by atoms with Gasteiger partial charge in [-0.2, -0.15) is 0 Å². The van der Waals surface area contributed by atoms with E-state index in [4.69, 9.17) is 4.74 Å². The van der Waals surface area contributed by atoms with Crippen molar-refractivity contribution in [3.63, 3.8) is 0 Å². The number of alkyl halides is 3. The molecule has 0 spiro atoms. The molecule has 2 rings (SSSR count). The van der Waals surface area contributed by atoms with E-state index >= 15 is 0 Å². The van der Waals surface area contributed by atoms with Crippen LogP contribution in [0.3, 0.4) is 0 Å². The molecular weight excluding hydrogens is 429 g/mol. The quantitative estimate of drug-likeness (QED) is 0.300. The van der Waals surface area contributed by atoms with E-state index in [0.29, 0.717) is 17.7 Å². The van der Waals surface area contributed by atoms with Crippen LogP contribution in [-0.4, -0.2) is 28.8 Å². The first-order valence-corrected chi connectivity index (χ1v) is 10.5. The van der Waals surface area contributed by atoms with Crippen LogP contribution in [0.1, 0.15) is 37.8 Å². The summed E-state index contributed by atoms with van der Waals surface area (Å²) in [6.45, 7) is 4.86. The molecule has 0 heterocycles. The Bertz CT molecular complexity index is 975. The van der Waals surface area contributed by atoms with Gasteiger partial charge in [0.05, 0.1) is 0 Å². The topological polar surface area (TPSA) is 55.8 Å². The SMILES string of the molecule is Cc1cc(SCCCC#Cc2cccc(OC(F)(F)F)c2)ccc1OC(C)(C)C(=O)O. The summed E-state index contributed by atoms with van der Waals surface area (Å²) in [6.07, 6.45) is -3.32. The largest absolute Gasteiger partial charge is 0.573 e. The first-order chi connectivity index (χ1) is 14.5. The van der Waals surface area contributed by atoms with Crippen molar-refractivity contribution in [2.45, 2.75) is 50.5 Å². The number of carbonyl (C=O) groups is 1. The Morgan fingerprint density at radius 3 is 2.52 bits per heavy atom. The fourth-order valence-electron chi connectivity index (χ4n) is 2.43. The predicted octanol–water partition coefficient (Wildman–Crippen LogP) is 6.06. The molecule has 0 radical (unpaired) electrons. The average Bonchev–Trinajstić information content (AvgIpc) is 2.65. The molecule has 166 valence electrons. The molecule has 8 heteroatoms. The van der Waals surface area contributed by atoms with Gasteiger partial charge in [-0.15, -0.1) is 24.9 Å². The third-order valence-corrected chi connectivity index (χ3v) is 5.12. The van der Waals surface area contributed by atoms with Crippen LogP contribution >= 0.6 is 11.8 Å². The van der Waals surface area contributed by atoms with Crippen LogP contribution in [-0.2, 0) is 4.79 Å². The maximum absolute atomic E-state index is 12.3. The summed E-state index contributed by atoms with van der Waals surface area (Å²) in [4.78, 5) is 12.2. The number of rotatable bonds is 8. The second kappa shape index (κ2) is 10.5. The van der Waals surface area contributed by atoms with Crippen molar-refractivity contribution < 1.29 is 32.5 Å². The second-order valence-corrected chi connectivity index (χ2v) is 8.34. The highest BCUT2D eigenvalue weighted by molar-refractivity contribution is 7.99.